The fourth-order valence-electron chi connectivity index (χ4n) is 8.53. The molecule has 0 aliphatic heterocycles. The van der Waals surface area contributed by atoms with Crippen LogP contribution in [0.25, 0.3) is 66.1 Å². The van der Waals surface area contributed by atoms with Crippen LogP contribution in [0.3, 0.4) is 0 Å². The molecule has 0 heterocycles. The van der Waals surface area contributed by atoms with Crippen molar-refractivity contribution in [2.75, 3.05) is 0 Å². The zero-order valence-corrected chi connectivity index (χ0v) is 28.9. The van der Waals surface area contributed by atoms with Crippen molar-refractivity contribution in [1.82, 2.24) is 0 Å². The van der Waals surface area contributed by atoms with Gasteiger partial charge in [-0.2, -0.15) is 0 Å². The van der Waals surface area contributed by atoms with Crippen LogP contribution >= 0.6 is 0 Å². The topological polar surface area (TPSA) is 0 Å². The third-order valence-electron chi connectivity index (χ3n) is 11.7. The lowest BCUT2D eigenvalue weighted by molar-refractivity contribution is 1.24. The Labute approximate surface area is 279 Å². The molecule has 0 fully saturated rings. The highest BCUT2D eigenvalue weighted by molar-refractivity contribution is 6.26. The highest BCUT2D eigenvalue weighted by atomic mass is 14.3. The normalized spacial score (nSPS) is 12.2. The second-order valence-electron chi connectivity index (χ2n) is 13.9. The van der Waals surface area contributed by atoms with Crippen LogP contribution in [0, 0.1) is 55.4 Å². The van der Waals surface area contributed by atoms with Crippen LogP contribution in [0.5, 0.6) is 0 Å². The van der Waals surface area contributed by atoms with Crippen LogP contribution in [0.2, 0.25) is 0 Å². The van der Waals surface area contributed by atoms with E-state index in [1.54, 1.807) is 0 Å². The molecule has 0 bridgehead atoms. The van der Waals surface area contributed by atoms with Crippen molar-refractivity contribution in [2.45, 2.75) is 61.8 Å². The van der Waals surface area contributed by atoms with Crippen LogP contribution in [0.1, 0.15) is 55.6 Å². The van der Waals surface area contributed by atoms with Crippen molar-refractivity contribution in [3.05, 3.63) is 153 Å². The molecule has 1 aliphatic rings. The van der Waals surface area contributed by atoms with E-state index in [1.807, 2.05) is 0 Å². The van der Waals surface area contributed by atoms with E-state index in [1.165, 1.54) is 122 Å². The molecule has 0 radical (unpaired) electrons. The van der Waals surface area contributed by atoms with Crippen molar-refractivity contribution in [1.29, 1.82) is 0 Å². The predicted molar refractivity (Wildman–Crippen MR) is 204 cm³/mol. The Bertz CT molecular complexity index is 2350. The first-order valence-corrected chi connectivity index (χ1v) is 17.0. The van der Waals surface area contributed by atoms with Gasteiger partial charge in [0.15, 0.2) is 0 Å². The first kappa shape index (κ1) is 29.5. The van der Waals surface area contributed by atoms with E-state index in [0.717, 1.165) is 6.42 Å². The van der Waals surface area contributed by atoms with Crippen molar-refractivity contribution in [3.63, 3.8) is 0 Å². The molecule has 0 unspecified atom stereocenters. The van der Waals surface area contributed by atoms with Crippen molar-refractivity contribution >= 4 is 21.5 Å². The molecule has 47 heavy (non-hydrogen) atoms. The smallest absolute Gasteiger partial charge is 0.00134 e. The number of aryl methyl sites for hydroxylation is 4. The molecule has 7 aromatic rings. The molecular formula is C47H42. The summed E-state index contributed by atoms with van der Waals surface area (Å²) >= 11 is 0. The Hall–Kier alpha value is -4.94. The molecule has 0 heteroatoms. The summed E-state index contributed by atoms with van der Waals surface area (Å²) in [5, 5.41) is 5.58. The van der Waals surface area contributed by atoms with E-state index in [-0.39, 0.29) is 0 Å². The Balaban J connectivity index is 1.63. The molecule has 0 aromatic heterocycles. The fraction of sp³-hybridized carbons (Fsp3) is 0.191. The van der Waals surface area contributed by atoms with E-state index in [0.29, 0.717) is 0 Å². The molecular weight excluding hydrogens is 565 g/mol. The van der Waals surface area contributed by atoms with Gasteiger partial charge in [0.05, 0.1) is 0 Å². The number of hydrogen-bond acceptors (Lipinski definition) is 0. The molecule has 230 valence electrons. The maximum atomic E-state index is 2.50. The predicted octanol–water partition coefficient (Wildman–Crippen LogP) is 13.0. The zero-order chi connectivity index (χ0) is 32.7. The summed E-state index contributed by atoms with van der Waals surface area (Å²) in [5.74, 6) is 0. The van der Waals surface area contributed by atoms with Gasteiger partial charge in [0.1, 0.15) is 0 Å². The third kappa shape index (κ3) is 4.20. The number of benzene rings is 7. The highest BCUT2D eigenvalue weighted by Gasteiger charge is 2.28. The third-order valence-corrected chi connectivity index (χ3v) is 11.7. The van der Waals surface area contributed by atoms with Crippen LogP contribution in [-0.4, -0.2) is 0 Å². The van der Waals surface area contributed by atoms with Crippen LogP contribution in [-0.2, 0) is 6.42 Å². The zero-order valence-electron chi connectivity index (χ0n) is 28.9. The molecule has 0 amide bonds. The molecule has 0 spiro atoms. The Morgan fingerprint density at radius 1 is 0.319 bits per heavy atom. The van der Waals surface area contributed by atoms with E-state index in [9.17, 15) is 0 Å². The summed E-state index contributed by atoms with van der Waals surface area (Å²) < 4.78 is 0. The number of fused-ring (bicyclic) bond motifs is 5. The molecule has 8 rings (SSSR count). The Morgan fingerprint density at radius 2 is 0.766 bits per heavy atom. The summed E-state index contributed by atoms with van der Waals surface area (Å²) in [5.41, 5.74) is 24.6. The van der Waals surface area contributed by atoms with Crippen molar-refractivity contribution in [2.24, 2.45) is 0 Å². The molecule has 0 atom stereocenters. The molecule has 7 aromatic carbocycles. The second-order valence-corrected chi connectivity index (χ2v) is 13.9. The van der Waals surface area contributed by atoms with Gasteiger partial charge in [0, 0.05) is 0 Å². The van der Waals surface area contributed by atoms with E-state index in [4.69, 9.17) is 0 Å². The summed E-state index contributed by atoms with van der Waals surface area (Å²) in [6, 6.07) is 36.3. The minimum absolute atomic E-state index is 1.01. The van der Waals surface area contributed by atoms with Crippen LogP contribution in [0.15, 0.2) is 97.1 Å². The average molecular weight is 607 g/mol. The van der Waals surface area contributed by atoms with Gasteiger partial charge in [-0.25, -0.2) is 0 Å². The molecule has 0 N–H and O–H groups in total. The van der Waals surface area contributed by atoms with Crippen molar-refractivity contribution in [3.8, 4) is 44.5 Å². The lowest BCUT2D eigenvalue weighted by Gasteiger charge is -2.28. The van der Waals surface area contributed by atoms with Gasteiger partial charge in [0.25, 0.3) is 0 Å². The molecule has 0 saturated heterocycles. The monoisotopic (exact) mass is 606 g/mol. The van der Waals surface area contributed by atoms with Gasteiger partial charge in [-0.1, -0.05) is 91.0 Å². The largest absolute Gasteiger partial charge is 0.0622 e. The molecule has 1 aliphatic carbocycles. The second kappa shape index (κ2) is 10.8. The first-order chi connectivity index (χ1) is 22.7. The van der Waals surface area contributed by atoms with Gasteiger partial charge >= 0.3 is 0 Å². The van der Waals surface area contributed by atoms with Gasteiger partial charge in [0.2, 0.25) is 0 Å². The summed E-state index contributed by atoms with van der Waals surface area (Å²) in [7, 11) is 0. The van der Waals surface area contributed by atoms with Gasteiger partial charge in [-0.3, -0.25) is 0 Å². The number of hydrogen-bond donors (Lipinski definition) is 0. The summed E-state index contributed by atoms with van der Waals surface area (Å²) in [6.45, 7) is 18.7. The summed E-state index contributed by atoms with van der Waals surface area (Å²) in [6.07, 6.45) is 1.01. The standard InChI is InChI=1S/C47H42/c1-26-28(3)32(7)44-42(30(26)5)46(37-23-22-36-24-35-18-12-13-20-39(35)41(36)25-37)43-31(6)27(2)29(4)33(8)45(43)47(44)40-21-15-14-19-38(40)34-16-10-9-11-17-34/h9-23,25H,24H2,1-8H3. The molecule has 0 nitrogen and oxygen atoms in total. The number of rotatable bonds is 3. The lowest BCUT2D eigenvalue weighted by atomic mass is 9.75. The Morgan fingerprint density at radius 3 is 1.34 bits per heavy atom. The fourth-order valence-corrected chi connectivity index (χ4v) is 8.53. The maximum absolute atomic E-state index is 2.50. The quantitative estimate of drug-likeness (QED) is 0.176. The van der Waals surface area contributed by atoms with E-state index in [2.05, 4.69) is 152 Å². The summed E-state index contributed by atoms with van der Waals surface area (Å²) in [4.78, 5) is 0. The van der Waals surface area contributed by atoms with Gasteiger partial charge in [-0.15, -0.1) is 0 Å². The minimum atomic E-state index is 1.01. The maximum Gasteiger partial charge on any atom is -0.00134 e. The Kier molecular flexibility index (Phi) is 6.78. The molecule has 0 saturated carbocycles. The van der Waals surface area contributed by atoms with E-state index < -0.39 is 0 Å². The highest BCUT2D eigenvalue weighted by Crippen LogP contribution is 2.52. The van der Waals surface area contributed by atoms with Gasteiger partial charge < -0.3 is 0 Å². The SMILES string of the molecule is Cc1c(C)c(C)c2c(-c3ccccc3-c3ccccc3)c3c(C)c(C)c(C)c(C)c3c(-c3ccc4c(c3)-c3ccccc3C4)c2c1C. The van der Waals surface area contributed by atoms with Gasteiger partial charge in [-0.05, 0) is 190 Å². The van der Waals surface area contributed by atoms with E-state index >= 15 is 0 Å². The van der Waals surface area contributed by atoms with Crippen molar-refractivity contribution < 1.29 is 0 Å². The van der Waals surface area contributed by atoms with Crippen LogP contribution in [0.4, 0.5) is 0 Å². The van der Waals surface area contributed by atoms with Crippen LogP contribution < -0.4 is 0 Å². The lowest BCUT2D eigenvalue weighted by Crippen LogP contribution is -2.04. The first-order valence-electron chi connectivity index (χ1n) is 17.0. The minimum Gasteiger partial charge on any atom is -0.0622 e. The average Bonchev–Trinajstić information content (AvgIpc) is 3.48.